The van der Waals surface area contributed by atoms with Crippen molar-refractivity contribution in [1.29, 1.82) is 5.26 Å². The molecular weight excluding hydrogens is 361 g/mol. The van der Waals surface area contributed by atoms with Crippen molar-refractivity contribution in [2.45, 2.75) is 6.54 Å². The van der Waals surface area contributed by atoms with Gasteiger partial charge < -0.3 is 14.6 Å². The number of anilines is 1. The van der Waals surface area contributed by atoms with E-state index in [9.17, 15) is 19.2 Å². The lowest BCUT2D eigenvalue weighted by molar-refractivity contribution is -0.137. The molecule has 7 heteroatoms. The van der Waals surface area contributed by atoms with E-state index in [0.717, 1.165) is 5.39 Å². The van der Waals surface area contributed by atoms with Crippen LogP contribution in [-0.2, 0) is 16.1 Å². The van der Waals surface area contributed by atoms with Gasteiger partial charge in [0.2, 0.25) is 0 Å². The minimum absolute atomic E-state index is 0.148. The molecule has 0 atom stereocenters. The first-order valence-electron chi connectivity index (χ1n) is 8.36. The van der Waals surface area contributed by atoms with Crippen LogP contribution in [0.1, 0.15) is 5.56 Å². The second-order valence-corrected chi connectivity index (χ2v) is 6.14. The number of rotatable bonds is 5. The van der Waals surface area contributed by atoms with Gasteiger partial charge in [0, 0.05) is 35.4 Å². The van der Waals surface area contributed by atoms with Crippen LogP contribution in [0.3, 0.4) is 0 Å². The second kappa shape index (κ2) is 7.76. The molecule has 3 rings (SSSR count). The number of hydrogen-bond acceptors (Lipinski definition) is 3. The van der Waals surface area contributed by atoms with Crippen LogP contribution >= 0.6 is 0 Å². The average Bonchev–Trinajstić information content (AvgIpc) is 3.02. The molecule has 0 unspecified atom stereocenters. The van der Waals surface area contributed by atoms with E-state index in [2.05, 4.69) is 0 Å². The van der Waals surface area contributed by atoms with Crippen molar-refractivity contribution in [2.75, 3.05) is 11.9 Å². The van der Waals surface area contributed by atoms with Gasteiger partial charge in [-0.25, -0.2) is 4.39 Å². The van der Waals surface area contributed by atoms with Crippen LogP contribution in [0.15, 0.2) is 60.3 Å². The molecule has 6 nitrogen and oxygen atoms in total. The number of carbonyl (C=O) groups excluding carboxylic acids is 1. The molecule has 0 saturated heterocycles. The fourth-order valence-corrected chi connectivity index (χ4v) is 2.95. The fraction of sp³-hybridized carbons (Fsp3) is 0.0952. The smallest absolute Gasteiger partial charge is 0.323 e. The van der Waals surface area contributed by atoms with Crippen LogP contribution < -0.4 is 4.90 Å². The number of para-hydroxylation sites is 1. The molecule has 0 radical (unpaired) electrons. The lowest BCUT2D eigenvalue weighted by Crippen LogP contribution is -2.27. The zero-order chi connectivity index (χ0) is 20.3. The van der Waals surface area contributed by atoms with Crippen molar-refractivity contribution in [1.82, 2.24) is 4.57 Å². The van der Waals surface area contributed by atoms with E-state index >= 15 is 0 Å². The van der Waals surface area contributed by atoms with E-state index < -0.39 is 17.7 Å². The highest BCUT2D eigenvalue weighted by Crippen LogP contribution is 2.24. The van der Waals surface area contributed by atoms with Gasteiger partial charge >= 0.3 is 5.97 Å². The summed E-state index contributed by atoms with van der Waals surface area (Å²) in [6, 6.07) is 14.5. The number of halogens is 1. The Morgan fingerprint density at radius 3 is 2.68 bits per heavy atom. The van der Waals surface area contributed by atoms with Crippen LogP contribution in [0.5, 0.6) is 0 Å². The minimum Gasteiger partial charge on any atom is -0.480 e. The fourth-order valence-electron chi connectivity index (χ4n) is 2.95. The number of carboxylic acids is 1. The number of hydrogen-bond donors (Lipinski definition) is 1. The summed E-state index contributed by atoms with van der Waals surface area (Å²) >= 11 is 0. The first kappa shape index (κ1) is 18.9. The number of fused-ring (bicyclic) bond motifs is 1. The van der Waals surface area contributed by atoms with Crippen molar-refractivity contribution < 1.29 is 19.1 Å². The summed E-state index contributed by atoms with van der Waals surface area (Å²) in [5, 5.41) is 19.3. The summed E-state index contributed by atoms with van der Waals surface area (Å²) in [6.45, 7) is -0.243. The van der Waals surface area contributed by atoms with Gasteiger partial charge in [0.1, 0.15) is 24.0 Å². The average molecular weight is 377 g/mol. The molecular formula is C21H16FN3O3. The molecule has 1 heterocycles. The third-order valence-corrected chi connectivity index (χ3v) is 4.28. The lowest BCUT2D eigenvalue weighted by atomic mass is 10.1. The van der Waals surface area contributed by atoms with Crippen molar-refractivity contribution in [3.8, 4) is 6.07 Å². The Morgan fingerprint density at radius 2 is 2.00 bits per heavy atom. The van der Waals surface area contributed by atoms with Crippen molar-refractivity contribution in [2.24, 2.45) is 0 Å². The number of carbonyl (C=O) groups is 2. The summed E-state index contributed by atoms with van der Waals surface area (Å²) in [7, 11) is 1.45. The molecule has 2 aromatic carbocycles. The van der Waals surface area contributed by atoms with Gasteiger partial charge in [0.15, 0.2) is 0 Å². The molecule has 0 fully saturated rings. The Morgan fingerprint density at radius 1 is 1.25 bits per heavy atom. The maximum absolute atomic E-state index is 13.4. The number of nitrogens with zero attached hydrogens (tertiary/aromatic N) is 3. The van der Waals surface area contributed by atoms with E-state index in [0.29, 0.717) is 16.8 Å². The summed E-state index contributed by atoms with van der Waals surface area (Å²) in [5.41, 5.74) is 1.40. The van der Waals surface area contributed by atoms with Gasteiger partial charge in [-0.05, 0) is 30.3 Å². The minimum atomic E-state index is -1.00. The van der Waals surface area contributed by atoms with Crippen LogP contribution in [-0.4, -0.2) is 28.6 Å². The molecule has 0 saturated carbocycles. The molecule has 0 aliphatic carbocycles. The van der Waals surface area contributed by atoms with Crippen LogP contribution in [0.2, 0.25) is 0 Å². The first-order chi connectivity index (χ1) is 13.4. The van der Waals surface area contributed by atoms with E-state index in [1.165, 1.54) is 36.2 Å². The SMILES string of the molecule is CN(C(=O)/C(C#N)=C/c1cn(CC(=O)O)c2ccccc12)c1cccc(F)c1. The molecule has 1 N–H and O–H groups in total. The predicted molar refractivity (Wildman–Crippen MR) is 103 cm³/mol. The second-order valence-electron chi connectivity index (χ2n) is 6.14. The van der Waals surface area contributed by atoms with E-state index in [1.807, 2.05) is 6.07 Å². The number of benzene rings is 2. The van der Waals surface area contributed by atoms with E-state index in [4.69, 9.17) is 5.11 Å². The number of aromatic nitrogens is 1. The highest BCUT2D eigenvalue weighted by Gasteiger charge is 2.18. The highest BCUT2D eigenvalue weighted by molar-refractivity contribution is 6.11. The Hall–Kier alpha value is -3.92. The molecule has 1 aromatic heterocycles. The molecule has 1 amide bonds. The Bertz CT molecular complexity index is 1140. The lowest BCUT2D eigenvalue weighted by Gasteiger charge is -2.16. The van der Waals surface area contributed by atoms with Crippen molar-refractivity contribution >= 4 is 34.5 Å². The summed E-state index contributed by atoms with van der Waals surface area (Å²) in [5.74, 6) is -2.08. The zero-order valence-electron chi connectivity index (χ0n) is 15.0. The third-order valence-electron chi connectivity index (χ3n) is 4.28. The summed E-state index contributed by atoms with van der Waals surface area (Å²) in [6.07, 6.45) is 3.00. The number of carboxylic acid groups (broad SMARTS) is 1. The Balaban J connectivity index is 2.02. The first-order valence-corrected chi connectivity index (χ1v) is 8.36. The maximum Gasteiger partial charge on any atom is 0.323 e. The number of likely N-dealkylation sites (N-methyl/N-ethyl adjacent to an activating group) is 1. The topological polar surface area (TPSA) is 86.3 Å². The quantitative estimate of drug-likeness (QED) is 0.545. The van der Waals surface area contributed by atoms with E-state index in [-0.39, 0.29) is 12.1 Å². The largest absolute Gasteiger partial charge is 0.480 e. The normalized spacial score (nSPS) is 11.2. The van der Waals surface area contributed by atoms with Gasteiger partial charge in [-0.1, -0.05) is 24.3 Å². The maximum atomic E-state index is 13.4. The van der Waals surface area contributed by atoms with Gasteiger partial charge in [0.25, 0.3) is 5.91 Å². The predicted octanol–water partition coefficient (Wildman–Crippen LogP) is 3.43. The monoisotopic (exact) mass is 377 g/mol. The van der Waals surface area contributed by atoms with Gasteiger partial charge in [-0.15, -0.1) is 0 Å². The van der Waals surface area contributed by atoms with E-state index in [1.54, 1.807) is 41.1 Å². The molecule has 0 aliphatic heterocycles. The number of nitriles is 1. The van der Waals surface area contributed by atoms with Crippen molar-refractivity contribution in [3.05, 3.63) is 71.7 Å². The molecule has 0 aliphatic rings. The van der Waals surface area contributed by atoms with Crippen LogP contribution in [0.4, 0.5) is 10.1 Å². The molecule has 0 bridgehead atoms. The molecule has 140 valence electrons. The Kier molecular flexibility index (Phi) is 5.23. The number of aliphatic carboxylic acids is 1. The molecule has 3 aromatic rings. The highest BCUT2D eigenvalue weighted by atomic mass is 19.1. The third kappa shape index (κ3) is 3.76. The summed E-state index contributed by atoms with van der Waals surface area (Å²) < 4.78 is 15.0. The Labute approximate surface area is 160 Å². The van der Waals surface area contributed by atoms with Gasteiger partial charge in [-0.2, -0.15) is 5.26 Å². The van der Waals surface area contributed by atoms with Gasteiger partial charge in [-0.3, -0.25) is 9.59 Å². The van der Waals surface area contributed by atoms with Gasteiger partial charge in [0.05, 0.1) is 0 Å². The standard InChI is InChI=1S/C21H16FN3O3/c1-24(17-6-4-5-16(22)10-17)21(28)14(11-23)9-15-12-25(13-20(26)27)19-8-3-2-7-18(15)19/h2-10,12H,13H2,1H3,(H,26,27)/b14-9+. The zero-order valence-corrected chi connectivity index (χ0v) is 15.0. The van der Waals surface area contributed by atoms with Crippen molar-refractivity contribution in [3.63, 3.8) is 0 Å². The van der Waals surface area contributed by atoms with Crippen LogP contribution in [0, 0.1) is 17.1 Å². The summed E-state index contributed by atoms with van der Waals surface area (Å²) in [4.78, 5) is 25.0. The van der Waals surface area contributed by atoms with Crippen LogP contribution in [0.25, 0.3) is 17.0 Å². The molecule has 28 heavy (non-hydrogen) atoms. The molecule has 0 spiro atoms. The number of amides is 1.